The average Bonchev–Trinajstić information content (AvgIpc) is 2.56. The molecule has 0 aromatic heterocycles. The van der Waals surface area contributed by atoms with Gasteiger partial charge in [-0.25, -0.2) is 0 Å². The van der Waals surface area contributed by atoms with Gasteiger partial charge in [-0.1, -0.05) is 23.7 Å². The van der Waals surface area contributed by atoms with Crippen molar-refractivity contribution < 1.29 is 14.3 Å². The molecule has 0 bridgehead atoms. The summed E-state index contributed by atoms with van der Waals surface area (Å²) >= 11 is 7.78. The number of amides is 1. The van der Waals surface area contributed by atoms with E-state index in [4.69, 9.17) is 21.1 Å². The van der Waals surface area contributed by atoms with E-state index in [0.717, 1.165) is 11.3 Å². The van der Waals surface area contributed by atoms with Gasteiger partial charge in [-0.2, -0.15) is 11.8 Å². The molecule has 0 aliphatic rings. The number of halogens is 1. The number of hydrogen-bond donors (Lipinski definition) is 1. The zero-order valence-corrected chi connectivity index (χ0v) is 14.8. The summed E-state index contributed by atoms with van der Waals surface area (Å²) < 4.78 is 10.4. The standard InChI is InChI=1S/C17H18ClNO3S/c1-21-15-9-14(16(22-2)8-13(15)18)19-17(20)12-6-4-5-11(7-12)10-23-3/h4-9H,10H2,1-3H3,(H,19,20). The first-order chi connectivity index (χ1) is 11.1. The smallest absolute Gasteiger partial charge is 0.255 e. The van der Waals surface area contributed by atoms with Crippen molar-refractivity contribution in [2.45, 2.75) is 5.75 Å². The third kappa shape index (κ3) is 4.33. The molecule has 0 atom stereocenters. The Bertz CT molecular complexity index is 706. The van der Waals surface area contributed by atoms with Crippen molar-refractivity contribution in [1.29, 1.82) is 0 Å². The second-order valence-corrected chi connectivity index (χ2v) is 6.05. The maximum atomic E-state index is 12.5. The quantitative estimate of drug-likeness (QED) is 0.834. The molecule has 4 nitrogen and oxygen atoms in total. The van der Waals surface area contributed by atoms with E-state index >= 15 is 0 Å². The summed E-state index contributed by atoms with van der Waals surface area (Å²) in [7, 11) is 3.04. The lowest BCUT2D eigenvalue weighted by atomic mass is 10.1. The van der Waals surface area contributed by atoms with Crippen LogP contribution in [0, 0.1) is 0 Å². The van der Waals surface area contributed by atoms with Gasteiger partial charge in [0.1, 0.15) is 11.5 Å². The molecule has 0 unspecified atom stereocenters. The number of hydrogen-bond acceptors (Lipinski definition) is 4. The minimum Gasteiger partial charge on any atom is -0.495 e. The Kier molecular flexibility index (Phi) is 6.19. The zero-order valence-electron chi connectivity index (χ0n) is 13.2. The third-order valence-electron chi connectivity index (χ3n) is 3.22. The molecule has 0 aliphatic heterocycles. The minimum atomic E-state index is -0.212. The second-order valence-electron chi connectivity index (χ2n) is 4.77. The number of thioether (sulfide) groups is 1. The van der Waals surface area contributed by atoms with E-state index in [9.17, 15) is 4.79 Å². The van der Waals surface area contributed by atoms with Crippen molar-refractivity contribution in [3.8, 4) is 11.5 Å². The molecule has 0 spiro atoms. The molecule has 122 valence electrons. The molecule has 0 fully saturated rings. The molecule has 1 amide bonds. The molecule has 0 saturated carbocycles. The molecule has 2 aromatic carbocycles. The zero-order chi connectivity index (χ0) is 16.8. The SMILES string of the molecule is COc1cc(NC(=O)c2cccc(CSC)c2)c(OC)cc1Cl. The van der Waals surface area contributed by atoms with Crippen molar-refractivity contribution in [3.05, 3.63) is 52.5 Å². The number of rotatable bonds is 6. The Morgan fingerprint density at radius 1 is 1.17 bits per heavy atom. The van der Waals surface area contributed by atoms with E-state index in [2.05, 4.69) is 5.32 Å². The minimum absolute atomic E-state index is 0.212. The number of carbonyl (C=O) groups is 1. The first kappa shape index (κ1) is 17.5. The van der Waals surface area contributed by atoms with E-state index in [1.807, 2.05) is 24.5 Å². The Morgan fingerprint density at radius 2 is 1.91 bits per heavy atom. The predicted octanol–water partition coefficient (Wildman–Crippen LogP) is 4.47. The Labute approximate surface area is 145 Å². The van der Waals surface area contributed by atoms with Crippen LogP contribution in [0.4, 0.5) is 5.69 Å². The molecule has 6 heteroatoms. The van der Waals surface area contributed by atoms with E-state index in [0.29, 0.717) is 27.8 Å². The lowest BCUT2D eigenvalue weighted by Crippen LogP contribution is -2.13. The van der Waals surface area contributed by atoms with Gasteiger partial charge >= 0.3 is 0 Å². The molecule has 0 radical (unpaired) electrons. The molecule has 1 N–H and O–H groups in total. The van der Waals surface area contributed by atoms with Gasteiger partial charge in [0.05, 0.1) is 24.9 Å². The summed E-state index contributed by atoms with van der Waals surface area (Å²) in [6, 6.07) is 10.8. The third-order valence-corrected chi connectivity index (χ3v) is 4.14. The van der Waals surface area contributed by atoms with Crippen molar-refractivity contribution in [3.63, 3.8) is 0 Å². The van der Waals surface area contributed by atoms with Crippen LogP contribution in [0.2, 0.25) is 5.02 Å². The van der Waals surface area contributed by atoms with Crippen LogP contribution < -0.4 is 14.8 Å². The van der Waals surface area contributed by atoms with E-state index in [1.165, 1.54) is 14.2 Å². The normalized spacial score (nSPS) is 10.3. The topological polar surface area (TPSA) is 47.6 Å². The van der Waals surface area contributed by atoms with Crippen LogP contribution in [0.3, 0.4) is 0 Å². The summed E-state index contributed by atoms with van der Waals surface area (Å²) in [5.41, 5.74) is 2.20. The molecular formula is C17H18ClNO3S. The lowest BCUT2D eigenvalue weighted by Gasteiger charge is -2.13. The number of ether oxygens (including phenoxy) is 2. The number of carbonyl (C=O) groups excluding carboxylic acids is 1. The number of nitrogens with one attached hydrogen (secondary N) is 1. The van der Waals surface area contributed by atoms with Gasteiger partial charge in [0, 0.05) is 23.4 Å². The number of methoxy groups -OCH3 is 2. The van der Waals surface area contributed by atoms with Gasteiger partial charge < -0.3 is 14.8 Å². The molecule has 2 aromatic rings. The number of anilines is 1. The van der Waals surface area contributed by atoms with Gasteiger partial charge in [-0.05, 0) is 24.0 Å². The summed E-state index contributed by atoms with van der Waals surface area (Å²) in [6.45, 7) is 0. The van der Waals surface area contributed by atoms with Crippen LogP contribution in [-0.2, 0) is 5.75 Å². The first-order valence-electron chi connectivity index (χ1n) is 6.89. The number of benzene rings is 2. The summed E-state index contributed by atoms with van der Waals surface area (Å²) in [5, 5.41) is 3.26. The first-order valence-corrected chi connectivity index (χ1v) is 8.67. The molecule has 0 heterocycles. The highest BCUT2D eigenvalue weighted by molar-refractivity contribution is 7.97. The van der Waals surface area contributed by atoms with Crippen LogP contribution in [-0.4, -0.2) is 26.4 Å². The predicted molar refractivity (Wildman–Crippen MR) is 96.2 cm³/mol. The fourth-order valence-corrected chi connectivity index (χ4v) is 2.87. The van der Waals surface area contributed by atoms with E-state index in [-0.39, 0.29) is 5.91 Å². The van der Waals surface area contributed by atoms with Crippen LogP contribution in [0.25, 0.3) is 0 Å². The molecular weight excluding hydrogens is 334 g/mol. The Balaban J connectivity index is 2.27. The van der Waals surface area contributed by atoms with E-state index in [1.54, 1.807) is 30.0 Å². The molecule has 2 rings (SSSR count). The van der Waals surface area contributed by atoms with Gasteiger partial charge in [0.2, 0.25) is 0 Å². The maximum Gasteiger partial charge on any atom is 0.255 e. The highest BCUT2D eigenvalue weighted by Crippen LogP contribution is 2.36. The molecule has 23 heavy (non-hydrogen) atoms. The fourth-order valence-electron chi connectivity index (χ4n) is 2.12. The highest BCUT2D eigenvalue weighted by Gasteiger charge is 2.14. The van der Waals surface area contributed by atoms with Crippen molar-refractivity contribution in [2.75, 3.05) is 25.8 Å². The van der Waals surface area contributed by atoms with Gasteiger partial charge in [-0.15, -0.1) is 0 Å². The second kappa shape index (κ2) is 8.13. The molecule has 0 saturated heterocycles. The fraction of sp³-hybridized carbons (Fsp3) is 0.235. The Hall–Kier alpha value is -1.85. The summed E-state index contributed by atoms with van der Waals surface area (Å²) in [5.74, 6) is 1.60. The van der Waals surface area contributed by atoms with Crippen molar-refractivity contribution in [1.82, 2.24) is 0 Å². The van der Waals surface area contributed by atoms with Gasteiger partial charge in [-0.3, -0.25) is 4.79 Å². The van der Waals surface area contributed by atoms with Gasteiger partial charge in [0.25, 0.3) is 5.91 Å². The Morgan fingerprint density at radius 3 is 2.57 bits per heavy atom. The summed E-state index contributed by atoms with van der Waals surface area (Å²) in [4.78, 5) is 12.5. The lowest BCUT2D eigenvalue weighted by molar-refractivity contribution is 0.102. The van der Waals surface area contributed by atoms with Crippen LogP contribution >= 0.6 is 23.4 Å². The van der Waals surface area contributed by atoms with Crippen molar-refractivity contribution in [2.24, 2.45) is 0 Å². The average molecular weight is 352 g/mol. The summed E-state index contributed by atoms with van der Waals surface area (Å²) in [6.07, 6.45) is 2.03. The van der Waals surface area contributed by atoms with Crippen LogP contribution in [0.5, 0.6) is 11.5 Å². The van der Waals surface area contributed by atoms with Crippen LogP contribution in [0.15, 0.2) is 36.4 Å². The highest BCUT2D eigenvalue weighted by atomic mass is 35.5. The largest absolute Gasteiger partial charge is 0.495 e. The molecule has 0 aliphatic carbocycles. The van der Waals surface area contributed by atoms with Crippen LogP contribution in [0.1, 0.15) is 15.9 Å². The van der Waals surface area contributed by atoms with E-state index < -0.39 is 0 Å². The van der Waals surface area contributed by atoms with Gasteiger partial charge in [0.15, 0.2) is 0 Å². The van der Waals surface area contributed by atoms with Crippen molar-refractivity contribution >= 4 is 35.0 Å². The maximum absolute atomic E-state index is 12.5. The monoisotopic (exact) mass is 351 g/mol.